The van der Waals surface area contributed by atoms with E-state index in [1.54, 1.807) is 52.9 Å². The van der Waals surface area contributed by atoms with Gasteiger partial charge in [-0.3, -0.25) is 14.3 Å². The molecule has 14 aromatic rings. The number of aromatic nitrogens is 28. The third-order valence-corrected chi connectivity index (χ3v) is 22.2. The lowest BCUT2D eigenvalue weighted by Crippen LogP contribution is -2.30. The van der Waals surface area contributed by atoms with Crippen LogP contribution < -0.4 is 5.53 Å². The van der Waals surface area contributed by atoms with Crippen LogP contribution in [0, 0.1) is 242 Å². The van der Waals surface area contributed by atoms with E-state index >= 15 is 0 Å². The van der Waals surface area contributed by atoms with Crippen molar-refractivity contribution in [3.8, 4) is 0 Å². The van der Waals surface area contributed by atoms with E-state index in [1.165, 1.54) is 105 Å². The smallest absolute Gasteiger partial charge is 0.191 e. The minimum absolute atomic E-state index is 0.194. The molecule has 648 valence electrons. The fourth-order valence-corrected chi connectivity index (χ4v) is 11.9. The van der Waals surface area contributed by atoms with Crippen molar-refractivity contribution in [3.05, 3.63) is 194 Å². The number of nitrogens with zero attached hydrogens (tertiary/aromatic N) is 31. The van der Waals surface area contributed by atoms with Gasteiger partial charge in [-0.2, -0.15) is 33.1 Å². The van der Waals surface area contributed by atoms with Gasteiger partial charge in [0.2, 0.25) is 0 Å². The molecule has 1 N–H and O–H groups in total. The van der Waals surface area contributed by atoms with Crippen molar-refractivity contribution in [1.82, 2.24) is 148 Å². The first kappa shape index (κ1) is 106. The van der Waals surface area contributed by atoms with E-state index in [1.807, 2.05) is 216 Å². The summed E-state index contributed by atoms with van der Waals surface area (Å²) in [7, 11) is 11.5. The zero-order chi connectivity index (χ0) is 90.3. The number of hydrogen-bond acceptors (Lipinski definition) is 35. The number of hydrazine groups is 1. The summed E-state index contributed by atoms with van der Waals surface area (Å²) in [5.41, 5.74) is 21.9. The maximum atomic E-state index is 5.10. The second kappa shape index (κ2) is 53.5. The van der Waals surface area contributed by atoms with Crippen LogP contribution in [0.5, 0.6) is 0 Å². The zero-order valence-corrected chi connectivity index (χ0v) is 82.6. The molecule has 0 radical (unpaired) electrons. The molecular formula is C78H128N32O2S6. The summed E-state index contributed by atoms with van der Waals surface area (Å²) >= 11 is 9.15. The normalized spacial score (nSPS) is 11.1. The Morgan fingerprint density at radius 2 is 0.890 bits per heavy atom. The van der Waals surface area contributed by atoms with Gasteiger partial charge in [-0.15, -0.1) is 63.5 Å². The SMILES string of the molecule is CC1N=NNN1C.Cc1nc(C)c(C)c(C)c1C.Cc1nc(C)c(C)o1.Cc1nc(C)c(C)s1.Cc1nc(C)n(C)c1C.Cc1nc(C)n(C)n1.Cc1nn(C)c(C)c1C.Cc1nnc(C)n1C.Cc1nnc(C)s1.Cc1nnn(C)n1.Cc1nnns1.Cc1noc(C)c1C.Cc1nsc(C)c1C.Cc1nsc(C)n1.Cc1nsc(C)n1. The number of rotatable bonds is 0. The van der Waals surface area contributed by atoms with Gasteiger partial charge in [0, 0.05) is 91.8 Å². The van der Waals surface area contributed by atoms with E-state index < -0.39 is 0 Å². The van der Waals surface area contributed by atoms with Gasteiger partial charge in [-0.25, -0.2) is 35.4 Å². The highest BCUT2D eigenvalue weighted by molar-refractivity contribution is 7.11. The number of pyridine rings is 1. The van der Waals surface area contributed by atoms with Crippen LogP contribution >= 0.6 is 68.8 Å². The van der Waals surface area contributed by atoms with E-state index in [4.69, 9.17) is 8.94 Å². The van der Waals surface area contributed by atoms with Gasteiger partial charge in [0.15, 0.2) is 11.7 Å². The quantitative estimate of drug-likeness (QED) is 0.147. The average Bonchev–Trinajstić information content (AvgIpc) is 1.71. The molecule has 0 fully saturated rings. The van der Waals surface area contributed by atoms with Gasteiger partial charge in [0.25, 0.3) is 0 Å². The van der Waals surface area contributed by atoms with Gasteiger partial charge in [-0.1, -0.05) is 14.9 Å². The van der Waals surface area contributed by atoms with Crippen LogP contribution in [-0.4, -0.2) is 155 Å². The standard InChI is InChI=1S/C10H15N.2C7H12N2.2C6H9NO.2C6H9NS.2C5H9N3.3C4H6N2S.C3H8N4.C3H6N4.C2H3N3S/c1-6-7(2)9(4)11-10(5)8(6)3;1-5-6(2)9(4)7(3)8-5;1-5-6(2)8-9(4)7(5)3;1-4-5(2)8-6(3)7-4;1-4-5(2)7-8-6(4)3;1-4-5(2)8-6(3)7-4;1-4-5(2)7-8-6(4)3;1-4-6-7-5(2)8(4)3;1-4-6-5(2)8(3)7-4;1-3-5-6-4(2)7-3;2*1-3-5-4(2)7-6-3;1-3-4-5-6-7(3)2;1-3-4-6-7(2)5-3;1-2-3-4-5-6-2/h1-5H3;2*1-4H3;6*1-3H3;3*1-2H3;3H,1-2H3,(H,4,6);1-2H3;1H3. The molecule has 118 heavy (non-hydrogen) atoms. The summed E-state index contributed by atoms with van der Waals surface area (Å²) in [5.74, 6) is 9.86. The topological polar surface area (TPSA) is 387 Å². The molecule has 0 bridgehead atoms. The summed E-state index contributed by atoms with van der Waals surface area (Å²) in [5, 5.41) is 60.5. The molecule has 1 atom stereocenters. The van der Waals surface area contributed by atoms with Crippen LogP contribution in [0.4, 0.5) is 0 Å². The largest absolute Gasteiger partial charge is 0.446 e. The highest BCUT2D eigenvalue weighted by atomic mass is 32.1. The van der Waals surface area contributed by atoms with Crippen molar-refractivity contribution in [2.45, 2.75) is 255 Å². The highest BCUT2D eigenvalue weighted by Gasteiger charge is 2.11. The third kappa shape index (κ3) is 40.5. The maximum Gasteiger partial charge on any atom is 0.191 e. The van der Waals surface area contributed by atoms with Crippen LogP contribution in [0.25, 0.3) is 0 Å². The van der Waals surface area contributed by atoms with Crippen molar-refractivity contribution in [2.75, 3.05) is 7.05 Å². The van der Waals surface area contributed by atoms with Crippen molar-refractivity contribution in [2.24, 2.45) is 45.6 Å². The number of thiazole rings is 1. The fraction of sp³-hybridized carbons (Fsp3) is 0.551. The first-order valence-electron chi connectivity index (χ1n) is 37.5. The summed E-state index contributed by atoms with van der Waals surface area (Å²) in [6, 6.07) is 0. The van der Waals surface area contributed by atoms with Crippen LogP contribution in [0.2, 0.25) is 0 Å². The summed E-state index contributed by atoms with van der Waals surface area (Å²) < 4.78 is 33.2. The molecule has 0 spiro atoms. The number of oxazole rings is 1. The zero-order valence-electron chi connectivity index (χ0n) is 77.7. The monoisotopic (exact) mass is 1740 g/mol. The number of imidazole rings is 1. The van der Waals surface area contributed by atoms with Crippen molar-refractivity contribution >= 4 is 68.8 Å². The highest BCUT2D eigenvalue weighted by Crippen LogP contribution is 2.19. The van der Waals surface area contributed by atoms with Crippen LogP contribution in [0.1, 0.15) is 201 Å². The Labute approximate surface area is 722 Å². The van der Waals surface area contributed by atoms with Gasteiger partial charge < -0.3 is 18.1 Å². The van der Waals surface area contributed by atoms with E-state index in [0.717, 1.165) is 123 Å². The van der Waals surface area contributed by atoms with Crippen molar-refractivity contribution in [3.63, 3.8) is 0 Å². The van der Waals surface area contributed by atoms with E-state index in [0.29, 0.717) is 5.82 Å². The van der Waals surface area contributed by atoms with Gasteiger partial charge in [0.1, 0.15) is 83.5 Å². The molecule has 15 heterocycles. The molecule has 0 saturated heterocycles. The Kier molecular flexibility index (Phi) is 48.2. The lowest BCUT2D eigenvalue weighted by Gasteiger charge is -2.09. The van der Waals surface area contributed by atoms with E-state index in [2.05, 4.69) is 211 Å². The van der Waals surface area contributed by atoms with Crippen LogP contribution in [0.3, 0.4) is 0 Å². The summed E-state index contributed by atoms with van der Waals surface area (Å²) in [6.45, 7) is 71.7. The van der Waals surface area contributed by atoms with Crippen molar-refractivity contribution < 1.29 is 8.94 Å². The summed E-state index contributed by atoms with van der Waals surface area (Å²) in [4.78, 5) is 33.2. The van der Waals surface area contributed by atoms with Gasteiger partial charge >= 0.3 is 0 Å². The second-order valence-electron chi connectivity index (χ2n) is 27.1. The second-order valence-corrected chi connectivity index (χ2v) is 33.7. The molecule has 15 rings (SSSR count). The fourth-order valence-electron chi connectivity index (χ4n) is 8.56. The van der Waals surface area contributed by atoms with Crippen LogP contribution in [0.15, 0.2) is 19.3 Å². The number of aryl methyl sites for hydroxylation is 30. The molecule has 0 aromatic carbocycles. The van der Waals surface area contributed by atoms with Gasteiger partial charge in [0.05, 0.1) is 46.2 Å². The molecule has 0 aliphatic carbocycles. The minimum atomic E-state index is 0.194. The Bertz CT molecular complexity index is 4530. The van der Waals surface area contributed by atoms with E-state index in [-0.39, 0.29) is 6.17 Å². The predicted molar refractivity (Wildman–Crippen MR) is 477 cm³/mol. The van der Waals surface area contributed by atoms with Gasteiger partial charge in [-0.05, 0) is 315 Å². The Morgan fingerprint density at radius 3 is 1.03 bits per heavy atom. The molecular weight excluding hydrogens is 1610 g/mol. The molecule has 40 heteroatoms. The predicted octanol–water partition coefficient (Wildman–Crippen LogP) is 16.9. The minimum Gasteiger partial charge on any atom is -0.446 e. The number of tetrazole rings is 1. The summed E-state index contributed by atoms with van der Waals surface area (Å²) in [6.07, 6.45) is 0.194. The third-order valence-electron chi connectivity index (χ3n) is 17.6. The molecule has 1 aliphatic heterocycles. The Balaban J connectivity index is 0.000000633. The molecule has 1 unspecified atom stereocenters. The maximum absolute atomic E-state index is 5.10. The molecule has 0 saturated carbocycles. The number of nitrogens with one attached hydrogen (secondary N) is 1. The molecule has 14 aromatic heterocycles. The molecule has 0 amide bonds. The lowest BCUT2D eigenvalue weighted by atomic mass is 10.0. The average molecular weight is 1740 g/mol. The first-order valence-corrected chi connectivity index (χ1v) is 42.2. The molecule has 1 aliphatic rings. The van der Waals surface area contributed by atoms with E-state index in [9.17, 15) is 0 Å². The first-order chi connectivity index (χ1) is 54.9. The molecule has 34 nitrogen and oxygen atoms in total. The number of hydrogen-bond donors (Lipinski definition) is 1. The van der Waals surface area contributed by atoms with Crippen molar-refractivity contribution in [1.29, 1.82) is 0 Å². The Hall–Kier alpha value is -9.87. The van der Waals surface area contributed by atoms with Crippen LogP contribution in [-0.2, 0) is 35.2 Å². The Morgan fingerprint density at radius 1 is 0.339 bits per heavy atom. The lowest BCUT2D eigenvalue weighted by molar-refractivity contribution is 0.233.